The Labute approximate surface area is 209 Å². The van der Waals surface area contributed by atoms with Crippen molar-refractivity contribution in [3.8, 4) is 5.75 Å². The number of anilines is 2. The zero-order chi connectivity index (χ0) is 24.7. The molecule has 0 fully saturated rings. The van der Waals surface area contributed by atoms with E-state index in [-0.39, 0.29) is 18.5 Å². The molecule has 34 heavy (non-hydrogen) atoms. The first-order valence-corrected chi connectivity index (χ1v) is 11.9. The number of nitrogens with one attached hydrogen (secondary N) is 2. The van der Waals surface area contributed by atoms with Crippen LogP contribution in [-0.2, 0) is 16.1 Å². The number of amides is 2. The van der Waals surface area contributed by atoms with E-state index < -0.39 is 0 Å². The first-order chi connectivity index (χ1) is 16.4. The highest BCUT2D eigenvalue weighted by Gasteiger charge is 2.19. The Kier molecular flexibility index (Phi) is 8.90. The van der Waals surface area contributed by atoms with Gasteiger partial charge in [-0.3, -0.25) is 9.59 Å². The Morgan fingerprint density at radius 1 is 1.15 bits per heavy atom. The minimum atomic E-state index is -0.0693. The van der Waals surface area contributed by atoms with Gasteiger partial charge in [-0.1, -0.05) is 40.2 Å². The fourth-order valence-electron chi connectivity index (χ4n) is 4.12. The summed E-state index contributed by atoms with van der Waals surface area (Å²) in [5, 5.41) is 7.92. The lowest BCUT2D eigenvalue weighted by Crippen LogP contribution is -2.44. The topological polar surface area (TPSA) is 73.9 Å². The van der Waals surface area contributed by atoms with Gasteiger partial charge in [0.2, 0.25) is 12.3 Å². The van der Waals surface area contributed by atoms with Crippen molar-refractivity contribution in [2.75, 3.05) is 44.1 Å². The number of nitrogens with zero attached hydrogens (tertiary/aromatic N) is 2. The monoisotopic (exact) mass is 526 g/mol. The van der Waals surface area contributed by atoms with Gasteiger partial charge in [0.1, 0.15) is 5.75 Å². The lowest BCUT2D eigenvalue weighted by Gasteiger charge is -2.29. The van der Waals surface area contributed by atoms with E-state index in [2.05, 4.69) is 32.6 Å². The molecule has 8 heteroatoms. The molecule has 0 aromatic heterocycles. The van der Waals surface area contributed by atoms with E-state index in [0.29, 0.717) is 13.1 Å². The molecule has 0 bridgehead atoms. The molecule has 0 saturated carbocycles. The number of carbonyl (C=O) groups is 2. The molecule has 0 saturated heterocycles. The summed E-state index contributed by atoms with van der Waals surface area (Å²) in [4.78, 5) is 28.0. The molecule has 0 spiro atoms. The smallest absolute Gasteiger partial charge is 0.234 e. The molecule has 3 rings (SSSR count). The van der Waals surface area contributed by atoms with Crippen molar-refractivity contribution in [3.05, 3.63) is 64.6 Å². The third-order valence-electron chi connectivity index (χ3n) is 5.62. The van der Waals surface area contributed by atoms with Crippen molar-refractivity contribution < 1.29 is 14.3 Å². The molecular weight excluding hydrogens is 496 g/mol. The maximum atomic E-state index is 12.3. The van der Waals surface area contributed by atoms with Crippen LogP contribution in [0.5, 0.6) is 5.75 Å². The summed E-state index contributed by atoms with van der Waals surface area (Å²) in [6.45, 7) is 3.17. The molecule has 180 valence electrons. The summed E-state index contributed by atoms with van der Waals surface area (Å²) in [7, 11) is 5.34. The van der Waals surface area contributed by atoms with Crippen molar-refractivity contribution in [1.29, 1.82) is 0 Å². The van der Waals surface area contributed by atoms with Crippen LogP contribution in [0.1, 0.15) is 12.5 Å². The maximum Gasteiger partial charge on any atom is 0.234 e. The highest BCUT2D eigenvalue weighted by Crippen LogP contribution is 2.34. The fourth-order valence-corrected chi connectivity index (χ4v) is 4.50. The number of halogens is 1. The van der Waals surface area contributed by atoms with Crippen molar-refractivity contribution in [2.45, 2.75) is 19.5 Å². The van der Waals surface area contributed by atoms with Crippen LogP contribution in [-0.4, -0.2) is 52.7 Å². The SMILES string of the molecule is CNCC(=O)NC(C)CN(C)c1ccccc1N(C=O)Cc1c(OC)ccc2cc(Br)ccc12. The Balaban J connectivity index is 1.90. The number of ether oxygens (including phenoxy) is 1. The van der Waals surface area contributed by atoms with Crippen LogP contribution in [0.25, 0.3) is 10.8 Å². The average Bonchev–Trinajstić information content (AvgIpc) is 2.82. The van der Waals surface area contributed by atoms with E-state index in [1.54, 1.807) is 19.1 Å². The number of carbonyl (C=O) groups excluding carboxylic acids is 2. The number of benzene rings is 3. The second kappa shape index (κ2) is 11.9. The minimum Gasteiger partial charge on any atom is -0.496 e. The lowest BCUT2D eigenvalue weighted by atomic mass is 10.0. The highest BCUT2D eigenvalue weighted by molar-refractivity contribution is 9.10. The molecule has 0 radical (unpaired) electrons. The van der Waals surface area contributed by atoms with Crippen LogP contribution in [0.15, 0.2) is 59.1 Å². The van der Waals surface area contributed by atoms with Crippen molar-refractivity contribution in [3.63, 3.8) is 0 Å². The molecule has 0 aliphatic heterocycles. The standard InChI is InChI=1S/C26H31BrN4O3/c1-18(29-26(33)14-28-2)15-30(3)23-7-5-6-8-24(23)31(17-32)16-22-21-11-10-20(27)13-19(21)9-12-25(22)34-4/h5-13,17-18,28H,14-16H2,1-4H3,(H,29,33). The van der Waals surface area contributed by atoms with Crippen LogP contribution >= 0.6 is 15.9 Å². The normalized spacial score (nSPS) is 11.7. The van der Waals surface area contributed by atoms with Gasteiger partial charge in [0.15, 0.2) is 0 Å². The maximum absolute atomic E-state index is 12.3. The van der Waals surface area contributed by atoms with E-state index in [9.17, 15) is 9.59 Å². The number of para-hydroxylation sites is 2. The molecule has 2 N–H and O–H groups in total. The van der Waals surface area contributed by atoms with Gasteiger partial charge in [0.25, 0.3) is 0 Å². The molecular formula is C26H31BrN4O3. The third kappa shape index (κ3) is 6.07. The fraction of sp³-hybridized carbons (Fsp3) is 0.308. The van der Waals surface area contributed by atoms with Gasteiger partial charge >= 0.3 is 0 Å². The molecule has 0 heterocycles. The van der Waals surface area contributed by atoms with E-state index >= 15 is 0 Å². The zero-order valence-corrected chi connectivity index (χ0v) is 21.6. The van der Waals surface area contributed by atoms with Crippen molar-refractivity contribution in [1.82, 2.24) is 10.6 Å². The zero-order valence-electron chi connectivity index (χ0n) is 20.0. The third-order valence-corrected chi connectivity index (χ3v) is 6.11. The second-order valence-corrected chi connectivity index (χ2v) is 9.13. The Bertz CT molecular complexity index is 1150. The van der Waals surface area contributed by atoms with Crippen LogP contribution in [0, 0.1) is 0 Å². The summed E-state index contributed by atoms with van der Waals surface area (Å²) in [6.07, 6.45) is 0.849. The molecule has 1 atom stereocenters. The predicted molar refractivity (Wildman–Crippen MR) is 142 cm³/mol. The molecule has 3 aromatic rings. The van der Waals surface area contributed by atoms with Crippen LogP contribution in [0.2, 0.25) is 0 Å². The quantitative estimate of drug-likeness (QED) is 0.370. The van der Waals surface area contributed by atoms with Gasteiger partial charge in [-0.15, -0.1) is 0 Å². The number of hydrogen-bond donors (Lipinski definition) is 2. The lowest BCUT2D eigenvalue weighted by molar-refractivity contribution is -0.120. The van der Waals surface area contributed by atoms with Gasteiger partial charge in [-0.2, -0.15) is 0 Å². The number of methoxy groups -OCH3 is 1. The highest BCUT2D eigenvalue weighted by atomic mass is 79.9. The van der Waals surface area contributed by atoms with Gasteiger partial charge in [0, 0.05) is 29.7 Å². The van der Waals surface area contributed by atoms with Gasteiger partial charge < -0.3 is 25.2 Å². The number of hydrogen-bond acceptors (Lipinski definition) is 5. The molecule has 3 aromatic carbocycles. The molecule has 1 unspecified atom stereocenters. The predicted octanol–water partition coefficient (Wildman–Crippen LogP) is 3.93. The molecule has 0 aliphatic carbocycles. The van der Waals surface area contributed by atoms with Gasteiger partial charge in [-0.05, 0) is 55.1 Å². The summed E-state index contributed by atoms with van der Waals surface area (Å²) in [5.41, 5.74) is 2.61. The van der Waals surface area contributed by atoms with E-state index in [1.807, 2.05) is 67.4 Å². The van der Waals surface area contributed by atoms with Crippen LogP contribution in [0.4, 0.5) is 11.4 Å². The molecule has 0 aliphatic rings. The van der Waals surface area contributed by atoms with Crippen molar-refractivity contribution >= 4 is 50.4 Å². The molecule has 2 amide bonds. The van der Waals surface area contributed by atoms with Crippen LogP contribution in [0.3, 0.4) is 0 Å². The van der Waals surface area contributed by atoms with E-state index in [1.165, 1.54) is 0 Å². The Hall–Kier alpha value is -3.10. The average molecular weight is 527 g/mol. The number of rotatable bonds is 11. The van der Waals surface area contributed by atoms with E-state index in [4.69, 9.17) is 4.74 Å². The van der Waals surface area contributed by atoms with Gasteiger partial charge in [0.05, 0.1) is 31.6 Å². The minimum absolute atomic E-state index is 0.0547. The number of likely N-dealkylation sites (N-methyl/N-ethyl adjacent to an activating group) is 2. The van der Waals surface area contributed by atoms with Crippen LogP contribution < -0.4 is 25.2 Å². The number of fused-ring (bicyclic) bond motifs is 1. The molecule has 7 nitrogen and oxygen atoms in total. The summed E-state index contributed by atoms with van der Waals surface area (Å²) >= 11 is 3.53. The summed E-state index contributed by atoms with van der Waals surface area (Å²) < 4.78 is 6.63. The Morgan fingerprint density at radius 2 is 1.88 bits per heavy atom. The largest absolute Gasteiger partial charge is 0.496 e. The van der Waals surface area contributed by atoms with Gasteiger partial charge in [-0.25, -0.2) is 0 Å². The first-order valence-electron chi connectivity index (χ1n) is 11.1. The summed E-state index contributed by atoms with van der Waals surface area (Å²) in [6, 6.07) is 17.7. The Morgan fingerprint density at radius 3 is 2.56 bits per heavy atom. The summed E-state index contributed by atoms with van der Waals surface area (Å²) in [5.74, 6) is 0.675. The van der Waals surface area contributed by atoms with E-state index in [0.717, 1.165) is 44.3 Å². The first kappa shape index (κ1) is 25.5. The second-order valence-electron chi connectivity index (χ2n) is 8.21. The van der Waals surface area contributed by atoms with Crippen molar-refractivity contribution in [2.24, 2.45) is 0 Å².